The molecule has 0 spiro atoms. The van der Waals surface area contributed by atoms with Crippen LogP contribution in [0.3, 0.4) is 0 Å². The zero-order valence-corrected chi connectivity index (χ0v) is 16.9. The predicted molar refractivity (Wildman–Crippen MR) is 110 cm³/mol. The van der Waals surface area contributed by atoms with Crippen molar-refractivity contribution >= 4 is 34.9 Å². The molecule has 0 aromatic heterocycles. The molecule has 1 fully saturated rings. The van der Waals surface area contributed by atoms with Gasteiger partial charge in [0.05, 0.1) is 38.9 Å². The number of hydrogen-bond donors (Lipinski definition) is 2. The van der Waals surface area contributed by atoms with Crippen LogP contribution in [0.2, 0.25) is 5.02 Å². The van der Waals surface area contributed by atoms with Crippen LogP contribution >= 0.6 is 11.6 Å². The molecule has 6 nitrogen and oxygen atoms in total. The lowest BCUT2D eigenvalue weighted by molar-refractivity contribution is -0.892. The van der Waals surface area contributed by atoms with Crippen molar-refractivity contribution in [3.05, 3.63) is 58.6 Å². The number of methoxy groups -OCH3 is 1. The molecule has 0 saturated carbocycles. The number of piperazine rings is 1. The van der Waals surface area contributed by atoms with E-state index in [1.807, 2.05) is 25.1 Å². The van der Waals surface area contributed by atoms with Gasteiger partial charge in [-0.1, -0.05) is 23.7 Å². The highest BCUT2D eigenvalue weighted by Crippen LogP contribution is 2.19. The van der Waals surface area contributed by atoms with Gasteiger partial charge in [-0.3, -0.25) is 4.79 Å². The number of aryl methyl sites for hydroxylation is 1. The first-order valence-electron chi connectivity index (χ1n) is 9.29. The third-order valence-corrected chi connectivity index (χ3v) is 5.22. The number of nitrogens with one attached hydrogen (secondary N) is 2. The van der Waals surface area contributed by atoms with Crippen LogP contribution < -0.4 is 15.1 Å². The summed E-state index contributed by atoms with van der Waals surface area (Å²) in [5.41, 5.74) is 3.09. The number of amides is 1. The van der Waals surface area contributed by atoms with Crippen LogP contribution in [0.25, 0.3) is 0 Å². The average molecular weight is 403 g/mol. The number of quaternary nitrogens is 1. The Kier molecular flexibility index (Phi) is 6.54. The molecule has 1 aliphatic rings. The number of anilines is 2. The normalized spacial score (nSPS) is 14.6. The zero-order chi connectivity index (χ0) is 20.1. The van der Waals surface area contributed by atoms with E-state index >= 15 is 0 Å². The van der Waals surface area contributed by atoms with Crippen molar-refractivity contribution in [2.24, 2.45) is 0 Å². The Morgan fingerprint density at radius 3 is 2.61 bits per heavy atom. The summed E-state index contributed by atoms with van der Waals surface area (Å²) in [6.07, 6.45) is 0. The summed E-state index contributed by atoms with van der Waals surface area (Å²) in [5, 5.41) is 3.66. The fourth-order valence-electron chi connectivity index (χ4n) is 3.35. The Balaban J connectivity index is 1.54. The standard InChI is InChI=1S/C21H24ClN3O3/c1-15-6-7-16(21(27)28-2)12-19(15)23-20(26)14-24-8-10-25(11-9-24)18-5-3-4-17(22)13-18/h3-7,12-13H,8-11,14H2,1-2H3,(H,23,26)/p+1. The van der Waals surface area contributed by atoms with Crippen molar-refractivity contribution in [2.75, 3.05) is 50.1 Å². The first-order chi connectivity index (χ1) is 13.5. The van der Waals surface area contributed by atoms with Crippen LogP contribution in [0.15, 0.2) is 42.5 Å². The van der Waals surface area contributed by atoms with E-state index in [0.29, 0.717) is 17.8 Å². The third-order valence-electron chi connectivity index (χ3n) is 4.99. The second-order valence-electron chi connectivity index (χ2n) is 6.96. The van der Waals surface area contributed by atoms with Crippen molar-refractivity contribution in [1.82, 2.24) is 0 Å². The number of carbonyl (C=O) groups is 2. The largest absolute Gasteiger partial charge is 0.465 e. The van der Waals surface area contributed by atoms with Gasteiger partial charge >= 0.3 is 5.97 Å². The molecular weight excluding hydrogens is 378 g/mol. The maximum Gasteiger partial charge on any atom is 0.337 e. The summed E-state index contributed by atoms with van der Waals surface area (Å²) in [4.78, 5) is 27.7. The van der Waals surface area contributed by atoms with Gasteiger partial charge in [0.15, 0.2) is 6.54 Å². The Bertz CT molecular complexity index is 864. The molecular formula is C21H25ClN3O3+. The van der Waals surface area contributed by atoms with Crippen molar-refractivity contribution in [2.45, 2.75) is 6.92 Å². The van der Waals surface area contributed by atoms with Crippen LogP contribution in [0.1, 0.15) is 15.9 Å². The summed E-state index contributed by atoms with van der Waals surface area (Å²) < 4.78 is 4.74. The molecule has 28 heavy (non-hydrogen) atoms. The number of carbonyl (C=O) groups excluding carboxylic acids is 2. The Hall–Kier alpha value is -2.57. The van der Waals surface area contributed by atoms with Crippen LogP contribution in [-0.4, -0.2) is 51.7 Å². The molecule has 0 aliphatic carbocycles. The number of benzene rings is 2. The van der Waals surface area contributed by atoms with Crippen molar-refractivity contribution in [1.29, 1.82) is 0 Å². The zero-order valence-electron chi connectivity index (χ0n) is 16.1. The Morgan fingerprint density at radius 1 is 1.18 bits per heavy atom. The van der Waals surface area contributed by atoms with E-state index in [9.17, 15) is 9.59 Å². The van der Waals surface area contributed by atoms with E-state index in [2.05, 4.69) is 16.3 Å². The summed E-state index contributed by atoms with van der Waals surface area (Å²) in [6, 6.07) is 13.0. The first-order valence-corrected chi connectivity index (χ1v) is 9.67. The Morgan fingerprint density at radius 2 is 1.93 bits per heavy atom. The molecule has 0 atom stereocenters. The van der Waals surface area contributed by atoms with Gasteiger partial charge in [-0.25, -0.2) is 4.79 Å². The van der Waals surface area contributed by atoms with Gasteiger partial charge in [0.2, 0.25) is 0 Å². The van der Waals surface area contributed by atoms with E-state index in [0.717, 1.165) is 42.5 Å². The van der Waals surface area contributed by atoms with Crippen LogP contribution in [0, 0.1) is 6.92 Å². The molecule has 3 rings (SSSR count). The fraction of sp³-hybridized carbons (Fsp3) is 0.333. The maximum absolute atomic E-state index is 12.5. The van der Waals surface area contributed by atoms with Gasteiger partial charge in [0.1, 0.15) is 0 Å². The van der Waals surface area contributed by atoms with Gasteiger partial charge in [-0.05, 0) is 42.8 Å². The molecule has 2 aromatic carbocycles. The molecule has 1 saturated heterocycles. The molecule has 0 radical (unpaired) electrons. The van der Waals surface area contributed by atoms with E-state index in [1.54, 1.807) is 18.2 Å². The molecule has 1 aliphatic heterocycles. The molecule has 1 heterocycles. The minimum Gasteiger partial charge on any atom is -0.465 e. The number of nitrogens with zero attached hydrogens (tertiary/aromatic N) is 1. The smallest absolute Gasteiger partial charge is 0.337 e. The highest BCUT2D eigenvalue weighted by molar-refractivity contribution is 6.30. The summed E-state index contributed by atoms with van der Waals surface area (Å²) >= 11 is 6.08. The quantitative estimate of drug-likeness (QED) is 0.748. The number of hydrogen-bond acceptors (Lipinski definition) is 4. The molecule has 0 unspecified atom stereocenters. The van der Waals surface area contributed by atoms with Crippen molar-refractivity contribution in [3.8, 4) is 0 Å². The number of halogens is 1. The summed E-state index contributed by atoms with van der Waals surface area (Å²) in [6.45, 7) is 5.79. The SMILES string of the molecule is COC(=O)c1ccc(C)c(NC(=O)C[NH+]2CCN(c3cccc(Cl)c3)CC2)c1. The van der Waals surface area contributed by atoms with E-state index in [-0.39, 0.29) is 5.91 Å². The van der Waals surface area contributed by atoms with Gasteiger partial charge in [-0.15, -0.1) is 0 Å². The minimum absolute atomic E-state index is 0.0590. The molecule has 1 amide bonds. The van der Waals surface area contributed by atoms with Gasteiger partial charge in [0, 0.05) is 16.4 Å². The lowest BCUT2D eigenvalue weighted by atomic mass is 10.1. The van der Waals surface area contributed by atoms with Crippen molar-refractivity contribution < 1.29 is 19.2 Å². The van der Waals surface area contributed by atoms with E-state index in [4.69, 9.17) is 16.3 Å². The highest BCUT2D eigenvalue weighted by atomic mass is 35.5. The predicted octanol–water partition coefficient (Wildman–Crippen LogP) is 1.78. The summed E-state index contributed by atoms with van der Waals surface area (Å²) in [5.74, 6) is -0.477. The maximum atomic E-state index is 12.5. The van der Waals surface area contributed by atoms with E-state index < -0.39 is 5.97 Å². The van der Waals surface area contributed by atoms with Crippen LogP contribution in [0.4, 0.5) is 11.4 Å². The lowest BCUT2D eigenvalue weighted by Crippen LogP contribution is -3.15. The number of ether oxygens (including phenoxy) is 1. The first kappa shape index (κ1) is 20.2. The molecule has 7 heteroatoms. The fourth-order valence-corrected chi connectivity index (χ4v) is 3.54. The molecule has 148 valence electrons. The van der Waals surface area contributed by atoms with Crippen LogP contribution in [0.5, 0.6) is 0 Å². The molecule has 2 aromatic rings. The van der Waals surface area contributed by atoms with Gasteiger partial charge < -0.3 is 19.9 Å². The highest BCUT2D eigenvalue weighted by Gasteiger charge is 2.23. The Labute approximate surface area is 170 Å². The number of esters is 1. The van der Waals surface area contributed by atoms with E-state index in [1.165, 1.54) is 12.0 Å². The average Bonchev–Trinajstić information content (AvgIpc) is 2.69. The summed E-state index contributed by atoms with van der Waals surface area (Å²) in [7, 11) is 1.34. The topological polar surface area (TPSA) is 63.1 Å². The number of rotatable bonds is 5. The van der Waals surface area contributed by atoms with Crippen LogP contribution in [-0.2, 0) is 9.53 Å². The van der Waals surface area contributed by atoms with Gasteiger partial charge in [0.25, 0.3) is 5.91 Å². The van der Waals surface area contributed by atoms with Gasteiger partial charge in [-0.2, -0.15) is 0 Å². The second kappa shape index (κ2) is 9.08. The third kappa shape index (κ3) is 5.03. The molecule has 0 bridgehead atoms. The van der Waals surface area contributed by atoms with Crippen molar-refractivity contribution in [3.63, 3.8) is 0 Å². The lowest BCUT2D eigenvalue weighted by Gasteiger charge is -2.33. The molecule has 2 N–H and O–H groups in total. The minimum atomic E-state index is -0.418. The monoisotopic (exact) mass is 402 g/mol. The second-order valence-corrected chi connectivity index (χ2v) is 7.40.